The molecule has 3 aromatic carbocycles. The highest BCUT2D eigenvalue weighted by molar-refractivity contribution is 9.09. The third-order valence-corrected chi connectivity index (χ3v) is 5.92. The number of fused-ring (bicyclic) bond motifs is 2. The smallest absolute Gasteiger partial charge is 0.177 e. The molecule has 0 radical (unpaired) electrons. The molecule has 0 aliphatic carbocycles. The van der Waals surface area contributed by atoms with E-state index in [1.54, 1.807) is 0 Å². The second-order valence-electron chi connectivity index (χ2n) is 6.71. The van der Waals surface area contributed by atoms with Gasteiger partial charge in [-0.2, -0.15) is 5.01 Å². The van der Waals surface area contributed by atoms with Crippen LogP contribution in [0.1, 0.15) is 5.56 Å². The predicted octanol–water partition coefficient (Wildman–Crippen LogP) is 5.66. The SMILES string of the molecule is CN1C(Br)N=C2C(c3ccc(-c4cccc5ccccc45)cc3)=CC=CN21. The number of hydrazine groups is 1. The van der Waals surface area contributed by atoms with Crippen LogP contribution in [0.4, 0.5) is 0 Å². The van der Waals surface area contributed by atoms with E-state index < -0.39 is 0 Å². The summed E-state index contributed by atoms with van der Waals surface area (Å²) in [7, 11) is 2.02. The lowest BCUT2D eigenvalue weighted by Crippen LogP contribution is -2.37. The largest absolute Gasteiger partial charge is 0.262 e. The molecule has 0 saturated carbocycles. The molecule has 4 heteroatoms. The predicted molar refractivity (Wildman–Crippen MR) is 116 cm³/mol. The maximum atomic E-state index is 4.74. The van der Waals surface area contributed by atoms with Crippen molar-refractivity contribution in [1.29, 1.82) is 0 Å². The Morgan fingerprint density at radius 2 is 1.63 bits per heavy atom. The van der Waals surface area contributed by atoms with Crippen molar-refractivity contribution in [2.75, 3.05) is 7.05 Å². The summed E-state index contributed by atoms with van der Waals surface area (Å²) < 4.78 is 0. The highest BCUT2D eigenvalue weighted by Gasteiger charge is 2.31. The van der Waals surface area contributed by atoms with E-state index in [1.165, 1.54) is 27.5 Å². The number of nitrogens with zero attached hydrogens (tertiary/aromatic N) is 3. The molecule has 1 atom stereocenters. The molecule has 2 heterocycles. The summed E-state index contributed by atoms with van der Waals surface area (Å²) >= 11 is 3.59. The standard InChI is InChI=1S/C23H18BrN3/c1-26-23(24)25-22-21(10-5-15-27(22)26)18-13-11-17(12-14-18)20-9-4-7-16-6-2-3-8-19(16)20/h2-15,23H,1H3. The van der Waals surface area contributed by atoms with Crippen LogP contribution in [-0.2, 0) is 0 Å². The molecular weight excluding hydrogens is 398 g/mol. The lowest BCUT2D eigenvalue weighted by molar-refractivity contribution is 0.148. The van der Waals surface area contributed by atoms with Gasteiger partial charge in [0.1, 0.15) is 0 Å². The average Bonchev–Trinajstić information content (AvgIpc) is 3.02. The summed E-state index contributed by atoms with van der Waals surface area (Å²) in [5, 5.41) is 6.65. The molecule has 0 spiro atoms. The number of hydrogen-bond acceptors (Lipinski definition) is 3. The van der Waals surface area contributed by atoms with Gasteiger partial charge >= 0.3 is 0 Å². The van der Waals surface area contributed by atoms with Crippen LogP contribution in [-0.4, -0.2) is 28.0 Å². The molecule has 1 unspecified atom stereocenters. The van der Waals surface area contributed by atoms with Gasteiger partial charge in [0.25, 0.3) is 0 Å². The van der Waals surface area contributed by atoms with Crippen molar-refractivity contribution < 1.29 is 0 Å². The second kappa shape index (κ2) is 6.48. The van der Waals surface area contributed by atoms with Crippen molar-refractivity contribution in [1.82, 2.24) is 10.0 Å². The summed E-state index contributed by atoms with van der Waals surface area (Å²) in [6, 6.07) is 23.8. The highest BCUT2D eigenvalue weighted by Crippen LogP contribution is 2.33. The van der Waals surface area contributed by atoms with Crippen molar-refractivity contribution in [3.05, 3.63) is 90.6 Å². The Labute approximate surface area is 167 Å². The molecule has 27 heavy (non-hydrogen) atoms. The van der Waals surface area contributed by atoms with Crippen LogP contribution in [0.15, 0.2) is 90.1 Å². The zero-order chi connectivity index (χ0) is 18.4. The molecule has 5 rings (SSSR count). The van der Waals surface area contributed by atoms with Crippen molar-refractivity contribution in [3.63, 3.8) is 0 Å². The van der Waals surface area contributed by atoms with E-state index in [0.29, 0.717) is 0 Å². The number of rotatable bonds is 2. The Bertz CT molecular complexity index is 1110. The topological polar surface area (TPSA) is 18.8 Å². The first-order chi connectivity index (χ1) is 13.2. The lowest BCUT2D eigenvalue weighted by Gasteiger charge is -2.27. The molecule has 132 valence electrons. The third-order valence-electron chi connectivity index (χ3n) is 5.12. The Morgan fingerprint density at radius 3 is 2.48 bits per heavy atom. The Kier molecular flexibility index (Phi) is 3.96. The van der Waals surface area contributed by atoms with Gasteiger partial charge in [0, 0.05) is 18.8 Å². The van der Waals surface area contributed by atoms with E-state index in [0.717, 1.165) is 11.4 Å². The van der Waals surface area contributed by atoms with Crippen LogP contribution in [0.2, 0.25) is 0 Å². The van der Waals surface area contributed by atoms with E-state index in [2.05, 4.69) is 105 Å². The van der Waals surface area contributed by atoms with Crippen molar-refractivity contribution in [3.8, 4) is 11.1 Å². The minimum atomic E-state index is -0.0337. The summed E-state index contributed by atoms with van der Waals surface area (Å²) in [5.41, 5.74) is 4.79. The van der Waals surface area contributed by atoms with E-state index in [9.17, 15) is 0 Å². The minimum absolute atomic E-state index is 0.0337. The molecule has 0 N–H and O–H groups in total. The first-order valence-electron chi connectivity index (χ1n) is 8.94. The summed E-state index contributed by atoms with van der Waals surface area (Å²) in [6.07, 6.45) is 6.23. The van der Waals surface area contributed by atoms with Gasteiger partial charge < -0.3 is 0 Å². The second-order valence-corrected chi connectivity index (χ2v) is 7.53. The number of halogens is 1. The number of amidine groups is 1. The van der Waals surface area contributed by atoms with Gasteiger partial charge in [-0.25, -0.2) is 4.99 Å². The molecule has 2 aliphatic heterocycles. The number of aliphatic imine (C=N–C) groups is 1. The summed E-state index contributed by atoms with van der Waals surface area (Å²) in [5.74, 6) is 0.972. The number of allylic oxidation sites excluding steroid dienone is 2. The van der Waals surface area contributed by atoms with Gasteiger partial charge in [0.15, 0.2) is 10.9 Å². The maximum absolute atomic E-state index is 4.74. The molecule has 0 fully saturated rings. The van der Waals surface area contributed by atoms with Gasteiger partial charge in [0.2, 0.25) is 0 Å². The first kappa shape index (κ1) is 16.5. The minimum Gasteiger partial charge on any atom is -0.262 e. The van der Waals surface area contributed by atoms with Gasteiger partial charge in [-0.05, 0) is 55.5 Å². The van der Waals surface area contributed by atoms with Gasteiger partial charge in [0.05, 0.1) is 0 Å². The maximum Gasteiger partial charge on any atom is 0.177 e. The van der Waals surface area contributed by atoms with Gasteiger partial charge in [-0.3, -0.25) is 5.01 Å². The first-order valence-corrected chi connectivity index (χ1v) is 9.85. The fourth-order valence-electron chi connectivity index (χ4n) is 3.69. The number of benzene rings is 3. The van der Waals surface area contributed by atoms with E-state index in [1.807, 2.05) is 13.2 Å². The van der Waals surface area contributed by atoms with E-state index >= 15 is 0 Å². The van der Waals surface area contributed by atoms with Crippen LogP contribution >= 0.6 is 15.9 Å². The molecule has 3 aromatic rings. The van der Waals surface area contributed by atoms with Gasteiger partial charge in [-0.1, -0.05) is 66.7 Å². The molecule has 3 nitrogen and oxygen atoms in total. The van der Waals surface area contributed by atoms with Crippen molar-refractivity contribution in [2.24, 2.45) is 4.99 Å². The normalized spacial score (nSPS) is 19.2. The number of alkyl halides is 1. The van der Waals surface area contributed by atoms with Crippen molar-refractivity contribution in [2.45, 2.75) is 5.08 Å². The fraction of sp³-hybridized carbons (Fsp3) is 0.0870. The molecule has 0 bridgehead atoms. The lowest BCUT2D eigenvalue weighted by atomic mass is 9.95. The fourth-order valence-corrected chi connectivity index (χ4v) is 4.08. The average molecular weight is 416 g/mol. The van der Waals surface area contributed by atoms with Crippen LogP contribution in [0.5, 0.6) is 0 Å². The zero-order valence-corrected chi connectivity index (χ0v) is 16.5. The van der Waals surface area contributed by atoms with E-state index in [4.69, 9.17) is 4.99 Å². The number of hydrogen-bond donors (Lipinski definition) is 0. The highest BCUT2D eigenvalue weighted by atomic mass is 79.9. The molecular formula is C23H18BrN3. The van der Waals surface area contributed by atoms with E-state index in [-0.39, 0.29) is 5.08 Å². The van der Waals surface area contributed by atoms with Crippen LogP contribution in [0.3, 0.4) is 0 Å². The van der Waals surface area contributed by atoms with Gasteiger partial charge in [-0.15, -0.1) is 0 Å². The van der Waals surface area contributed by atoms with Crippen molar-refractivity contribution >= 4 is 38.1 Å². The molecule has 0 aromatic heterocycles. The third kappa shape index (κ3) is 2.73. The Hall–Kier alpha value is -2.69. The monoisotopic (exact) mass is 415 g/mol. The van der Waals surface area contributed by atoms with Crippen LogP contribution in [0.25, 0.3) is 27.5 Å². The van der Waals surface area contributed by atoms with Crippen LogP contribution in [0, 0.1) is 0 Å². The molecule has 2 aliphatic rings. The zero-order valence-electron chi connectivity index (χ0n) is 14.9. The Balaban J connectivity index is 1.54. The Morgan fingerprint density at radius 1 is 0.889 bits per heavy atom. The summed E-state index contributed by atoms with van der Waals surface area (Å²) in [6.45, 7) is 0. The quantitative estimate of drug-likeness (QED) is 0.397. The van der Waals surface area contributed by atoms with Crippen LogP contribution < -0.4 is 0 Å². The summed E-state index contributed by atoms with van der Waals surface area (Å²) in [4.78, 5) is 4.74. The molecule has 0 saturated heterocycles. The molecule has 0 amide bonds.